The molecule has 1 saturated heterocycles. The van der Waals surface area contributed by atoms with Gasteiger partial charge in [-0.05, 0) is 112 Å². The van der Waals surface area contributed by atoms with E-state index in [0.717, 1.165) is 17.4 Å². The van der Waals surface area contributed by atoms with Gasteiger partial charge >= 0.3 is 17.9 Å². The molecule has 0 amide bonds. The second-order valence-electron chi connectivity index (χ2n) is 13.4. The minimum absolute atomic E-state index is 0.0892. The molecule has 4 aliphatic carbocycles. The number of phenolic OH excluding ortho intramolecular Hbond substituents is 1. The van der Waals surface area contributed by atoms with Crippen molar-refractivity contribution in [1.82, 2.24) is 0 Å². The zero-order chi connectivity index (χ0) is 29.4. The van der Waals surface area contributed by atoms with Crippen molar-refractivity contribution in [2.75, 3.05) is 13.4 Å². The summed E-state index contributed by atoms with van der Waals surface area (Å²) in [7, 11) is 0. The Labute approximate surface area is 243 Å². The Kier molecular flexibility index (Phi) is 8.70. The summed E-state index contributed by atoms with van der Waals surface area (Å²) in [5.74, 6) is 1.13. The third-order valence-electron chi connectivity index (χ3n) is 11.1. The largest absolute Gasteiger partial charge is 0.508 e. The fourth-order valence-corrected chi connectivity index (χ4v) is 8.35. The Balaban J connectivity index is 1.35. The molecule has 0 aromatic heterocycles. The summed E-state index contributed by atoms with van der Waals surface area (Å²) in [5.41, 5.74) is -1.60. The molecule has 1 aliphatic heterocycles. The predicted molar refractivity (Wildman–Crippen MR) is 151 cm³/mol. The standard InChI is InChI=1S/C33H46O8/c1-5-22(23-7-9-26(34)10-8-23)18-33(4,32(3,6-2)31(37)41-27-11-12-38-29(27)35)30(36)40-19-39-28-24-14-20-13-21(16-24)17-25(28)15-20/h7-10,20-22,24-25,27-28,34H,5-6,11-19H2,1-4H3. The summed E-state index contributed by atoms with van der Waals surface area (Å²) < 4.78 is 22.9. The minimum Gasteiger partial charge on any atom is -0.508 e. The summed E-state index contributed by atoms with van der Waals surface area (Å²) in [6, 6.07) is 6.96. The van der Waals surface area contributed by atoms with Gasteiger partial charge in [-0.3, -0.25) is 9.59 Å². The molecule has 1 aromatic rings. The first-order valence-corrected chi connectivity index (χ1v) is 15.5. The molecule has 4 unspecified atom stereocenters. The first kappa shape index (κ1) is 29.9. The highest BCUT2D eigenvalue weighted by atomic mass is 16.7. The molecule has 6 rings (SSSR count). The Hall–Kier alpha value is -2.61. The van der Waals surface area contributed by atoms with Crippen LogP contribution in [0, 0.1) is 34.5 Å². The van der Waals surface area contributed by atoms with Crippen LogP contribution >= 0.6 is 0 Å². The fraction of sp³-hybridized carbons (Fsp3) is 0.727. The summed E-state index contributed by atoms with van der Waals surface area (Å²) in [6.07, 6.45) is 6.98. The van der Waals surface area contributed by atoms with E-state index in [1.807, 2.05) is 26.0 Å². The molecule has 1 N–H and O–H groups in total. The van der Waals surface area contributed by atoms with Crippen LogP contribution < -0.4 is 0 Å². The van der Waals surface area contributed by atoms with Gasteiger partial charge in [-0.15, -0.1) is 0 Å². The number of ether oxygens (including phenoxy) is 4. The van der Waals surface area contributed by atoms with Gasteiger partial charge in [0.15, 0.2) is 6.79 Å². The molecular weight excluding hydrogens is 524 g/mol. The Morgan fingerprint density at radius 1 is 0.976 bits per heavy atom. The smallest absolute Gasteiger partial charge is 0.347 e. The molecule has 4 bridgehead atoms. The number of hydrogen-bond acceptors (Lipinski definition) is 8. The van der Waals surface area contributed by atoms with Gasteiger partial charge in [0.25, 0.3) is 0 Å². The van der Waals surface area contributed by atoms with Crippen molar-refractivity contribution in [2.24, 2.45) is 34.5 Å². The second kappa shape index (κ2) is 11.9. The number of cyclic esters (lactones) is 1. The van der Waals surface area contributed by atoms with Crippen molar-refractivity contribution >= 4 is 17.9 Å². The molecule has 41 heavy (non-hydrogen) atoms. The van der Waals surface area contributed by atoms with Crippen LogP contribution in [0.25, 0.3) is 0 Å². The number of benzene rings is 1. The van der Waals surface area contributed by atoms with Crippen LogP contribution in [0.3, 0.4) is 0 Å². The van der Waals surface area contributed by atoms with Gasteiger partial charge in [0.1, 0.15) is 5.75 Å². The summed E-state index contributed by atoms with van der Waals surface area (Å²) in [5, 5.41) is 9.82. The highest BCUT2D eigenvalue weighted by Gasteiger charge is 2.57. The van der Waals surface area contributed by atoms with E-state index in [0.29, 0.717) is 37.5 Å². The lowest BCUT2D eigenvalue weighted by molar-refractivity contribution is -0.204. The third kappa shape index (κ3) is 5.73. The van der Waals surface area contributed by atoms with E-state index < -0.39 is 34.8 Å². The maximum Gasteiger partial charge on any atom is 0.347 e. The van der Waals surface area contributed by atoms with E-state index >= 15 is 0 Å². The van der Waals surface area contributed by atoms with Gasteiger partial charge in [-0.2, -0.15) is 0 Å². The van der Waals surface area contributed by atoms with Gasteiger partial charge in [0.2, 0.25) is 6.10 Å². The molecule has 0 radical (unpaired) electrons. The molecule has 0 spiro atoms. The predicted octanol–water partition coefficient (Wildman–Crippen LogP) is 5.90. The first-order chi connectivity index (χ1) is 19.6. The zero-order valence-corrected chi connectivity index (χ0v) is 24.9. The molecule has 5 fully saturated rings. The lowest BCUT2D eigenvalue weighted by Gasteiger charge is -2.53. The number of aromatic hydroxyl groups is 1. The molecule has 1 aromatic carbocycles. The minimum atomic E-state index is -1.28. The number of carbonyl (C=O) groups excluding carboxylic acids is 3. The van der Waals surface area contributed by atoms with Crippen molar-refractivity contribution in [3.63, 3.8) is 0 Å². The summed E-state index contributed by atoms with van der Waals surface area (Å²) in [4.78, 5) is 40.0. The van der Waals surface area contributed by atoms with Crippen LogP contribution in [-0.2, 0) is 33.3 Å². The third-order valence-corrected chi connectivity index (χ3v) is 11.1. The molecule has 226 valence electrons. The maximum absolute atomic E-state index is 14.1. The normalized spacial score (nSPS) is 32.0. The molecule has 5 aliphatic rings. The highest BCUT2D eigenvalue weighted by molar-refractivity contribution is 5.89. The van der Waals surface area contributed by atoms with Crippen LogP contribution in [-0.4, -0.2) is 48.6 Å². The van der Waals surface area contributed by atoms with Gasteiger partial charge in [-0.25, -0.2) is 4.79 Å². The highest BCUT2D eigenvalue weighted by Crippen LogP contribution is 2.55. The van der Waals surface area contributed by atoms with E-state index in [-0.39, 0.29) is 31.2 Å². The lowest BCUT2D eigenvalue weighted by Crippen LogP contribution is -2.52. The fourth-order valence-electron chi connectivity index (χ4n) is 8.35. The van der Waals surface area contributed by atoms with Gasteiger partial charge in [-0.1, -0.05) is 26.0 Å². The number of esters is 3. The second-order valence-corrected chi connectivity index (χ2v) is 13.4. The van der Waals surface area contributed by atoms with E-state index in [2.05, 4.69) is 0 Å². The Bertz CT molecular complexity index is 1090. The number of carbonyl (C=O) groups is 3. The molecular formula is C33H46O8. The molecule has 8 heteroatoms. The van der Waals surface area contributed by atoms with Crippen molar-refractivity contribution < 1.29 is 38.4 Å². The van der Waals surface area contributed by atoms with E-state index in [4.69, 9.17) is 18.9 Å². The van der Waals surface area contributed by atoms with Crippen LogP contribution in [0.15, 0.2) is 24.3 Å². The van der Waals surface area contributed by atoms with E-state index in [1.165, 1.54) is 32.1 Å². The average molecular weight is 571 g/mol. The molecule has 1 heterocycles. The van der Waals surface area contributed by atoms with Crippen molar-refractivity contribution in [3.05, 3.63) is 29.8 Å². The average Bonchev–Trinajstić information content (AvgIpc) is 3.36. The monoisotopic (exact) mass is 570 g/mol. The number of hydrogen-bond donors (Lipinski definition) is 1. The summed E-state index contributed by atoms with van der Waals surface area (Å²) >= 11 is 0. The van der Waals surface area contributed by atoms with Crippen LogP contribution in [0.2, 0.25) is 0 Å². The maximum atomic E-state index is 14.1. The van der Waals surface area contributed by atoms with Crippen LogP contribution in [0.1, 0.15) is 97.0 Å². The van der Waals surface area contributed by atoms with Crippen molar-refractivity contribution in [1.29, 1.82) is 0 Å². The van der Waals surface area contributed by atoms with Gasteiger partial charge in [0, 0.05) is 6.42 Å². The summed E-state index contributed by atoms with van der Waals surface area (Å²) in [6.45, 7) is 7.47. The molecule has 4 atom stereocenters. The van der Waals surface area contributed by atoms with Gasteiger partial charge < -0.3 is 24.1 Å². The Morgan fingerprint density at radius 2 is 1.61 bits per heavy atom. The van der Waals surface area contributed by atoms with Crippen LogP contribution in [0.4, 0.5) is 0 Å². The van der Waals surface area contributed by atoms with Crippen molar-refractivity contribution in [3.8, 4) is 5.75 Å². The Morgan fingerprint density at radius 3 is 2.15 bits per heavy atom. The number of rotatable bonds is 12. The molecule has 4 saturated carbocycles. The van der Waals surface area contributed by atoms with E-state index in [9.17, 15) is 19.5 Å². The molecule has 8 nitrogen and oxygen atoms in total. The SMILES string of the molecule is CCC(CC(C)(C(=O)OCOC1C2CC3CC(C2)CC1C3)C(C)(CC)C(=O)OC1CCOC1=O)c1ccc(O)cc1. The number of phenols is 1. The van der Waals surface area contributed by atoms with Gasteiger partial charge in [0.05, 0.1) is 23.5 Å². The zero-order valence-electron chi connectivity index (χ0n) is 24.9. The van der Waals surface area contributed by atoms with Crippen molar-refractivity contribution in [2.45, 2.75) is 104 Å². The lowest BCUT2D eigenvalue weighted by atomic mass is 9.55. The van der Waals surface area contributed by atoms with Crippen LogP contribution in [0.5, 0.6) is 5.75 Å². The van der Waals surface area contributed by atoms with E-state index in [1.54, 1.807) is 26.0 Å². The first-order valence-electron chi connectivity index (χ1n) is 15.5. The quantitative estimate of drug-likeness (QED) is 0.188. The topological polar surface area (TPSA) is 108 Å².